The smallest absolute Gasteiger partial charge is 0.321 e. The number of fused-ring (bicyclic) bond motifs is 7. The van der Waals surface area contributed by atoms with Gasteiger partial charge in [-0.05, 0) is 105 Å². The Hall–Kier alpha value is -4.83. The van der Waals surface area contributed by atoms with Gasteiger partial charge < -0.3 is 34.8 Å². The van der Waals surface area contributed by atoms with Crippen molar-refractivity contribution in [2.75, 3.05) is 20.3 Å². The highest BCUT2D eigenvalue weighted by Crippen LogP contribution is 2.48. The van der Waals surface area contributed by atoms with Crippen LogP contribution in [0.3, 0.4) is 0 Å². The second-order valence-corrected chi connectivity index (χ2v) is 14.3. The number of H-pyrrole nitrogens is 3. The van der Waals surface area contributed by atoms with Crippen molar-refractivity contribution in [1.82, 2.24) is 20.3 Å². The van der Waals surface area contributed by atoms with Crippen LogP contribution in [0.4, 0.5) is 0 Å². The summed E-state index contributed by atoms with van der Waals surface area (Å²) in [5, 5.41) is 16.5. The lowest BCUT2D eigenvalue weighted by Gasteiger charge is -2.20. The summed E-state index contributed by atoms with van der Waals surface area (Å²) in [5.41, 5.74) is 12.1. The van der Waals surface area contributed by atoms with E-state index in [-0.39, 0.29) is 31.4 Å². The van der Waals surface area contributed by atoms with E-state index in [1.165, 1.54) is 23.8 Å². The highest BCUT2D eigenvalue weighted by molar-refractivity contribution is 6.24. The fraction of sp³-hybridized carbons (Fsp3) is 0.452. The first-order valence-corrected chi connectivity index (χ1v) is 18.6. The topological polar surface area (TPSA) is 149 Å². The first kappa shape index (κ1) is 36.9. The SMILES string of the molecule is CCC/C(C)=C/COC(=O)CC[C@@H]1/C2=C3/c4[nH]c(c(C)c4C(=O)[C@@H]3C(=O)OC)/C=c3\[nH]/c(c(C)c3CC)=C\c3[nH]c(c(C)c3CC)/C=C(\N2)[C@H]1CO. The number of rotatable bonds is 11. The van der Waals surface area contributed by atoms with Crippen LogP contribution in [0.25, 0.3) is 23.8 Å². The summed E-state index contributed by atoms with van der Waals surface area (Å²) in [5.74, 6) is -3.42. The quantitative estimate of drug-likeness (QED) is 0.103. The molecule has 1 aliphatic carbocycles. The molecule has 3 aromatic heterocycles. The molecule has 276 valence electrons. The maximum absolute atomic E-state index is 14.3. The number of methoxy groups -OCH3 is 1. The lowest BCUT2D eigenvalue weighted by Crippen LogP contribution is -2.25. The van der Waals surface area contributed by atoms with Crippen LogP contribution < -0.4 is 16.0 Å². The zero-order valence-electron chi connectivity index (χ0n) is 31.7. The van der Waals surface area contributed by atoms with E-state index in [0.717, 1.165) is 75.9 Å². The van der Waals surface area contributed by atoms with Crippen LogP contribution in [0.15, 0.2) is 23.0 Å². The molecule has 1 saturated heterocycles. The van der Waals surface area contributed by atoms with Gasteiger partial charge in [0.1, 0.15) is 12.5 Å². The van der Waals surface area contributed by atoms with Crippen molar-refractivity contribution < 1.29 is 29.0 Å². The summed E-state index contributed by atoms with van der Waals surface area (Å²) >= 11 is 0. The highest BCUT2D eigenvalue weighted by Gasteiger charge is 2.49. The minimum atomic E-state index is -1.20. The first-order chi connectivity index (χ1) is 25.0. The molecule has 1 fully saturated rings. The molecular weight excluding hydrogens is 656 g/mol. The van der Waals surface area contributed by atoms with Gasteiger partial charge in [-0.2, -0.15) is 0 Å². The Labute approximate surface area is 305 Å². The Kier molecular flexibility index (Phi) is 10.7. The minimum Gasteiger partial charge on any atom is -0.468 e. The molecule has 52 heavy (non-hydrogen) atoms. The van der Waals surface area contributed by atoms with Crippen molar-refractivity contribution in [3.8, 4) is 0 Å². The second-order valence-electron chi connectivity index (χ2n) is 14.3. The van der Waals surface area contributed by atoms with Crippen LogP contribution in [-0.4, -0.2) is 58.1 Å². The Morgan fingerprint density at radius 3 is 2.25 bits per heavy atom. The molecule has 6 rings (SSSR count). The van der Waals surface area contributed by atoms with Crippen molar-refractivity contribution in [1.29, 1.82) is 0 Å². The van der Waals surface area contributed by atoms with E-state index in [4.69, 9.17) is 9.47 Å². The van der Waals surface area contributed by atoms with Crippen molar-refractivity contribution >= 4 is 41.5 Å². The lowest BCUT2D eigenvalue weighted by atomic mass is 9.84. The molecule has 5 N–H and O–H groups in total. The second kappa shape index (κ2) is 15.0. The number of esters is 2. The molecule has 0 radical (unpaired) electrons. The fourth-order valence-electron chi connectivity index (χ4n) is 8.43. The molecule has 10 heteroatoms. The number of aromatic nitrogens is 3. The molecule has 0 amide bonds. The molecule has 0 saturated carbocycles. The zero-order valence-corrected chi connectivity index (χ0v) is 31.7. The third kappa shape index (κ3) is 6.42. The number of hydrogen-bond acceptors (Lipinski definition) is 7. The van der Waals surface area contributed by atoms with Crippen LogP contribution in [0.5, 0.6) is 0 Å². The minimum absolute atomic E-state index is 0.0920. The van der Waals surface area contributed by atoms with Crippen LogP contribution in [0, 0.1) is 38.5 Å². The van der Waals surface area contributed by atoms with Gasteiger partial charge in [0.05, 0.1) is 19.4 Å². The summed E-state index contributed by atoms with van der Waals surface area (Å²) in [6, 6.07) is 0. The summed E-state index contributed by atoms with van der Waals surface area (Å²) in [6.07, 6.45) is 12.2. The Morgan fingerprint density at radius 2 is 1.58 bits per heavy atom. The van der Waals surface area contributed by atoms with Crippen molar-refractivity contribution in [2.24, 2.45) is 17.8 Å². The molecule has 0 spiro atoms. The predicted octanol–water partition coefficient (Wildman–Crippen LogP) is 5.33. The van der Waals surface area contributed by atoms with Gasteiger partial charge in [0.15, 0.2) is 5.78 Å². The van der Waals surface area contributed by atoms with Gasteiger partial charge in [-0.15, -0.1) is 0 Å². The third-order valence-electron chi connectivity index (χ3n) is 11.3. The average molecular weight is 709 g/mol. The van der Waals surface area contributed by atoms with E-state index >= 15 is 0 Å². The van der Waals surface area contributed by atoms with E-state index in [1.54, 1.807) is 0 Å². The van der Waals surface area contributed by atoms with E-state index in [2.05, 4.69) is 61.0 Å². The molecule has 0 aromatic carbocycles. The van der Waals surface area contributed by atoms with Gasteiger partial charge in [-0.25, -0.2) is 0 Å². The number of Topliss-reactive ketones (excluding diaryl/α,β-unsaturated/α-hetero) is 1. The van der Waals surface area contributed by atoms with Gasteiger partial charge in [0.2, 0.25) is 0 Å². The number of ether oxygens (including phenoxy) is 2. The standard InChI is InChI=1S/C42H52N4O6/c1-9-12-21(4)15-16-52-35(48)14-13-27-28(20-47)34-18-30-23(6)25(10-2)32(44-30)17-29-22(5)26(11-3)33(43-29)19-31-24(7)36-40(45-31)37(39(27)46-34)38(41(36)49)42(50)51-8/h15,17-19,27-28,38,43-47H,9-14,16,20H2,1-8H3/b21-15+,29-17-,33-19-,34-18-,39-37-/t27-,28-,38+/m0/s1. The molecule has 5 heterocycles. The number of nitrogens with one attached hydrogen (secondary N) is 4. The van der Waals surface area contributed by atoms with E-state index < -0.39 is 23.7 Å². The summed E-state index contributed by atoms with van der Waals surface area (Å²) in [4.78, 5) is 51.7. The molecule has 3 atom stereocenters. The molecule has 3 aromatic rings. The van der Waals surface area contributed by atoms with Gasteiger partial charge in [0, 0.05) is 68.6 Å². The van der Waals surface area contributed by atoms with Crippen molar-refractivity contribution in [2.45, 2.75) is 87.0 Å². The maximum atomic E-state index is 14.3. The summed E-state index contributed by atoms with van der Waals surface area (Å²) < 4.78 is 10.8. The monoisotopic (exact) mass is 708 g/mol. The third-order valence-corrected chi connectivity index (χ3v) is 11.3. The zero-order chi connectivity index (χ0) is 37.4. The van der Waals surface area contributed by atoms with Gasteiger partial charge in [-0.1, -0.05) is 32.8 Å². The molecule has 2 aliphatic heterocycles. The van der Waals surface area contributed by atoms with Crippen molar-refractivity contribution in [3.63, 3.8) is 0 Å². The average Bonchev–Trinajstić information content (AvgIpc) is 3.87. The van der Waals surface area contributed by atoms with Crippen molar-refractivity contribution in [3.05, 3.63) is 89.9 Å². The number of allylic oxidation sites excluding steroid dienone is 2. The number of aliphatic hydroxyl groups is 1. The molecular formula is C42H52N4O6. The number of aliphatic hydroxyl groups excluding tert-OH is 1. The molecule has 8 bridgehead atoms. The van der Waals surface area contributed by atoms with Crippen LogP contribution in [0.1, 0.15) is 114 Å². The Bertz CT molecular complexity index is 2150. The van der Waals surface area contributed by atoms with Crippen LogP contribution in [-0.2, 0) is 31.9 Å². The molecule has 10 nitrogen and oxygen atoms in total. The van der Waals surface area contributed by atoms with Gasteiger partial charge in [0.25, 0.3) is 0 Å². The first-order valence-electron chi connectivity index (χ1n) is 18.6. The molecule has 3 aliphatic rings. The van der Waals surface area contributed by atoms with Gasteiger partial charge in [-0.3, -0.25) is 14.4 Å². The molecule has 0 unspecified atom stereocenters. The van der Waals surface area contributed by atoms with Crippen LogP contribution in [0.2, 0.25) is 0 Å². The maximum Gasteiger partial charge on any atom is 0.321 e. The van der Waals surface area contributed by atoms with E-state index in [0.29, 0.717) is 28.9 Å². The number of carbonyl (C=O) groups is 3. The number of hydrogen-bond donors (Lipinski definition) is 5. The number of aromatic amines is 3. The largest absolute Gasteiger partial charge is 0.468 e. The van der Waals surface area contributed by atoms with E-state index in [1.807, 2.05) is 32.1 Å². The Morgan fingerprint density at radius 1 is 0.865 bits per heavy atom. The van der Waals surface area contributed by atoms with Crippen LogP contribution >= 0.6 is 0 Å². The predicted molar refractivity (Wildman–Crippen MR) is 203 cm³/mol. The lowest BCUT2D eigenvalue weighted by molar-refractivity contribution is -0.143. The number of carbonyl (C=O) groups excluding carboxylic acids is 3. The number of ketones is 1. The normalized spacial score (nSPS) is 23.0. The fourth-order valence-corrected chi connectivity index (χ4v) is 8.43. The van der Waals surface area contributed by atoms with E-state index in [9.17, 15) is 19.5 Å². The Balaban J connectivity index is 1.58. The summed E-state index contributed by atoms with van der Waals surface area (Å²) in [6.45, 7) is 14.5. The highest BCUT2D eigenvalue weighted by atomic mass is 16.5. The summed E-state index contributed by atoms with van der Waals surface area (Å²) in [7, 11) is 1.29. The van der Waals surface area contributed by atoms with Gasteiger partial charge >= 0.3 is 11.9 Å².